The number of sulfone groups is 1. The summed E-state index contributed by atoms with van der Waals surface area (Å²) < 4.78 is 30.8. The van der Waals surface area contributed by atoms with Gasteiger partial charge in [-0.2, -0.15) is 0 Å². The van der Waals surface area contributed by atoms with E-state index in [1.165, 1.54) is 4.90 Å². The maximum Gasteiger partial charge on any atom is 0.407 e. The third-order valence-electron chi connectivity index (χ3n) is 8.62. The highest BCUT2D eigenvalue weighted by Crippen LogP contribution is 2.41. The molecule has 1 aliphatic carbocycles. The van der Waals surface area contributed by atoms with Gasteiger partial charge in [-0.25, -0.2) is 18.2 Å². The average Bonchev–Trinajstić information content (AvgIpc) is 3.44. The first kappa shape index (κ1) is 31.7. The van der Waals surface area contributed by atoms with Gasteiger partial charge in [0.05, 0.1) is 43.1 Å². The third kappa shape index (κ3) is 7.31. The molecule has 2 fully saturated rings. The minimum Gasteiger partial charge on any atom is -0.465 e. The van der Waals surface area contributed by atoms with Crippen LogP contribution in [-0.4, -0.2) is 106 Å². The van der Waals surface area contributed by atoms with Crippen LogP contribution in [0.25, 0.3) is 11.3 Å². The first-order chi connectivity index (χ1) is 21.1. The molecule has 1 saturated carbocycles. The standard InChI is InChI=1S/C32H40N4O7S/c1-44(41,42)19-18-43-22-32(40)15-9-8-14-27(32)36-23-33-28(29(36)25-12-6-3-7-13-25)30(37)35-17-16-34(31(38)39)21-26(35)20-24-10-4-2-5-11-24/h2-7,10-13,23,26-27,40H,8-9,14-22H2,1H3,(H,38,39)/t26-,27?,32?/m1/s1. The Morgan fingerprint density at radius 2 is 1.75 bits per heavy atom. The number of aromatic nitrogens is 2. The molecule has 12 heteroatoms. The second-order valence-corrected chi connectivity index (χ2v) is 14.1. The number of aliphatic hydroxyl groups is 1. The summed E-state index contributed by atoms with van der Waals surface area (Å²) in [6.07, 6.45) is 4.97. The Labute approximate surface area is 258 Å². The molecular weight excluding hydrogens is 584 g/mol. The molecule has 2 aromatic carbocycles. The summed E-state index contributed by atoms with van der Waals surface area (Å²) in [5.74, 6) is -0.427. The van der Waals surface area contributed by atoms with Gasteiger partial charge in [0, 0.05) is 31.5 Å². The van der Waals surface area contributed by atoms with Crippen molar-refractivity contribution in [1.82, 2.24) is 19.4 Å². The zero-order valence-electron chi connectivity index (χ0n) is 24.9. The van der Waals surface area contributed by atoms with Gasteiger partial charge < -0.3 is 29.3 Å². The number of hydrogen-bond acceptors (Lipinski definition) is 7. The van der Waals surface area contributed by atoms with Crippen LogP contribution in [-0.2, 0) is 21.0 Å². The molecule has 11 nitrogen and oxygen atoms in total. The SMILES string of the molecule is CS(=O)(=O)CCOCC1(O)CCCCC1n1cnc(C(=O)N2CCN(C(=O)O)C[C@H]2Cc2ccccc2)c1-c1ccccc1. The number of ether oxygens (including phenoxy) is 1. The summed E-state index contributed by atoms with van der Waals surface area (Å²) in [5.41, 5.74) is 1.30. The second kappa shape index (κ2) is 13.5. The number of piperazine rings is 1. The van der Waals surface area contributed by atoms with Crippen LogP contribution in [0.4, 0.5) is 4.79 Å². The Kier molecular flexibility index (Phi) is 9.72. The van der Waals surface area contributed by atoms with Crippen LogP contribution in [0, 0.1) is 0 Å². The first-order valence-electron chi connectivity index (χ1n) is 15.0. The normalized spacial score (nSPS) is 22.6. The highest BCUT2D eigenvalue weighted by atomic mass is 32.2. The van der Waals surface area contributed by atoms with Crippen molar-refractivity contribution in [2.75, 3.05) is 44.9 Å². The summed E-state index contributed by atoms with van der Waals surface area (Å²) in [5, 5.41) is 21.6. The Morgan fingerprint density at radius 1 is 1.05 bits per heavy atom. The quantitative estimate of drug-likeness (QED) is 0.327. The van der Waals surface area contributed by atoms with Gasteiger partial charge in [0.25, 0.3) is 5.91 Å². The Hall–Kier alpha value is -3.74. The average molecular weight is 625 g/mol. The van der Waals surface area contributed by atoms with Gasteiger partial charge in [-0.05, 0) is 24.8 Å². The lowest BCUT2D eigenvalue weighted by Crippen LogP contribution is -2.57. The molecule has 3 aromatic rings. The van der Waals surface area contributed by atoms with Gasteiger partial charge in [0.2, 0.25) is 0 Å². The molecule has 5 rings (SSSR count). The smallest absolute Gasteiger partial charge is 0.407 e. The number of hydrogen-bond donors (Lipinski definition) is 2. The number of rotatable bonds is 10. The predicted molar refractivity (Wildman–Crippen MR) is 165 cm³/mol. The van der Waals surface area contributed by atoms with E-state index < -0.39 is 33.6 Å². The Balaban J connectivity index is 1.49. The molecule has 236 valence electrons. The molecule has 1 aliphatic heterocycles. The van der Waals surface area contributed by atoms with Crippen molar-refractivity contribution in [3.8, 4) is 11.3 Å². The van der Waals surface area contributed by atoms with E-state index in [-0.39, 0.29) is 50.2 Å². The number of carbonyl (C=O) groups is 2. The summed E-state index contributed by atoms with van der Waals surface area (Å²) in [7, 11) is -3.20. The van der Waals surface area contributed by atoms with Gasteiger partial charge in [-0.15, -0.1) is 0 Å². The van der Waals surface area contributed by atoms with Crippen LogP contribution in [0.5, 0.6) is 0 Å². The maximum atomic E-state index is 14.4. The highest BCUT2D eigenvalue weighted by Gasteiger charge is 2.43. The molecule has 2 unspecified atom stereocenters. The zero-order valence-corrected chi connectivity index (χ0v) is 25.7. The fraction of sp³-hybridized carbons (Fsp3) is 0.469. The van der Waals surface area contributed by atoms with Crippen molar-refractivity contribution < 1.29 is 33.0 Å². The number of carboxylic acid groups (broad SMARTS) is 1. The number of carbonyl (C=O) groups excluding carboxylic acids is 1. The van der Waals surface area contributed by atoms with Crippen LogP contribution in [0.1, 0.15) is 47.8 Å². The molecule has 3 atom stereocenters. The number of imidazole rings is 1. The molecular formula is C32H40N4O7S. The fourth-order valence-corrected chi connectivity index (χ4v) is 6.78. The summed E-state index contributed by atoms with van der Waals surface area (Å²) in [6, 6.07) is 18.3. The van der Waals surface area contributed by atoms with Crippen molar-refractivity contribution in [2.45, 2.75) is 49.8 Å². The Bertz CT molecular complexity index is 1550. The molecule has 1 saturated heterocycles. The van der Waals surface area contributed by atoms with Crippen molar-refractivity contribution >= 4 is 21.8 Å². The third-order valence-corrected chi connectivity index (χ3v) is 9.52. The largest absolute Gasteiger partial charge is 0.465 e. The van der Waals surface area contributed by atoms with Crippen LogP contribution in [0.2, 0.25) is 0 Å². The highest BCUT2D eigenvalue weighted by molar-refractivity contribution is 7.90. The van der Waals surface area contributed by atoms with Gasteiger partial charge in [0.15, 0.2) is 5.69 Å². The zero-order chi connectivity index (χ0) is 31.3. The van der Waals surface area contributed by atoms with Gasteiger partial charge >= 0.3 is 6.09 Å². The topological polar surface area (TPSA) is 142 Å². The van der Waals surface area contributed by atoms with Gasteiger partial charge in [0.1, 0.15) is 15.4 Å². The van der Waals surface area contributed by atoms with E-state index in [0.29, 0.717) is 25.0 Å². The molecule has 0 radical (unpaired) electrons. The molecule has 0 spiro atoms. The van der Waals surface area contributed by atoms with E-state index in [4.69, 9.17) is 4.74 Å². The van der Waals surface area contributed by atoms with E-state index >= 15 is 0 Å². The van der Waals surface area contributed by atoms with Crippen molar-refractivity contribution in [1.29, 1.82) is 0 Å². The van der Waals surface area contributed by atoms with Crippen molar-refractivity contribution in [3.63, 3.8) is 0 Å². The van der Waals surface area contributed by atoms with Crippen molar-refractivity contribution in [2.24, 2.45) is 0 Å². The lowest BCUT2D eigenvalue weighted by molar-refractivity contribution is -0.0969. The van der Waals surface area contributed by atoms with E-state index in [9.17, 15) is 28.2 Å². The van der Waals surface area contributed by atoms with Crippen LogP contribution in [0.3, 0.4) is 0 Å². The van der Waals surface area contributed by atoms with E-state index in [0.717, 1.165) is 30.2 Å². The van der Waals surface area contributed by atoms with Crippen LogP contribution < -0.4 is 0 Å². The second-order valence-electron chi connectivity index (χ2n) is 11.8. The number of amides is 2. The summed E-state index contributed by atoms with van der Waals surface area (Å²) >= 11 is 0. The first-order valence-corrected chi connectivity index (χ1v) is 17.0. The van der Waals surface area contributed by atoms with Crippen LogP contribution >= 0.6 is 0 Å². The molecule has 0 bridgehead atoms. The predicted octanol–water partition coefficient (Wildman–Crippen LogP) is 3.50. The number of nitrogens with zero attached hydrogens (tertiary/aromatic N) is 4. The number of benzene rings is 2. The Morgan fingerprint density at radius 3 is 2.43 bits per heavy atom. The van der Waals surface area contributed by atoms with Crippen LogP contribution in [0.15, 0.2) is 67.0 Å². The molecule has 2 aliphatic rings. The molecule has 2 N–H and O–H groups in total. The minimum absolute atomic E-state index is 0.0157. The maximum absolute atomic E-state index is 14.4. The lowest BCUT2D eigenvalue weighted by Gasteiger charge is -2.41. The lowest BCUT2D eigenvalue weighted by atomic mass is 9.80. The van der Waals surface area contributed by atoms with Crippen molar-refractivity contribution in [3.05, 3.63) is 78.2 Å². The minimum atomic E-state index is -3.20. The van der Waals surface area contributed by atoms with Gasteiger partial charge in [-0.1, -0.05) is 73.5 Å². The van der Waals surface area contributed by atoms with Gasteiger partial charge in [-0.3, -0.25) is 4.79 Å². The van der Waals surface area contributed by atoms with E-state index in [2.05, 4.69) is 4.98 Å². The molecule has 44 heavy (non-hydrogen) atoms. The van der Waals surface area contributed by atoms with E-state index in [1.807, 2.05) is 65.2 Å². The molecule has 2 amide bonds. The fourth-order valence-electron chi connectivity index (χ4n) is 6.36. The summed E-state index contributed by atoms with van der Waals surface area (Å²) in [4.78, 5) is 34.0. The molecule has 1 aromatic heterocycles. The molecule has 2 heterocycles. The summed E-state index contributed by atoms with van der Waals surface area (Å²) in [6.45, 7) is 0.550. The van der Waals surface area contributed by atoms with E-state index in [1.54, 1.807) is 11.2 Å². The monoisotopic (exact) mass is 624 g/mol.